The number of thiophene rings is 1. The Kier molecular flexibility index (Phi) is 5.57. The lowest BCUT2D eigenvalue weighted by atomic mass is 10.1. The van der Waals surface area contributed by atoms with E-state index in [9.17, 15) is 14.7 Å². The van der Waals surface area contributed by atoms with Crippen LogP contribution in [0.5, 0.6) is 5.75 Å². The molecule has 0 aliphatic heterocycles. The average molecular weight is 381 g/mol. The van der Waals surface area contributed by atoms with E-state index in [1.807, 2.05) is 43.3 Å². The predicted molar refractivity (Wildman–Crippen MR) is 107 cm³/mol. The number of Topliss-reactive ketones (excluding diaryl/α,β-unsaturated/α-hetero) is 1. The first-order valence-electron chi connectivity index (χ1n) is 8.34. The minimum atomic E-state index is -1.02. The number of ether oxygens (including phenoxy) is 1. The number of hydrogen-bond acceptors (Lipinski definition) is 5. The number of aromatic carboxylic acids is 1. The fourth-order valence-electron chi connectivity index (χ4n) is 2.73. The van der Waals surface area contributed by atoms with E-state index in [-0.39, 0.29) is 17.2 Å². The highest BCUT2D eigenvalue weighted by Crippen LogP contribution is 2.35. The van der Waals surface area contributed by atoms with Crippen LogP contribution in [0.15, 0.2) is 54.6 Å². The highest BCUT2D eigenvalue weighted by atomic mass is 32.1. The summed E-state index contributed by atoms with van der Waals surface area (Å²) in [6.07, 6.45) is 0. The summed E-state index contributed by atoms with van der Waals surface area (Å²) in [7, 11) is 1.52. The van der Waals surface area contributed by atoms with Gasteiger partial charge in [0.15, 0.2) is 5.78 Å². The molecular formula is C21H19NO4S. The molecule has 0 saturated carbocycles. The van der Waals surface area contributed by atoms with Crippen molar-refractivity contribution >= 4 is 28.8 Å². The summed E-state index contributed by atoms with van der Waals surface area (Å²) in [6, 6.07) is 16.7. The van der Waals surface area contributed by atoms with Gasteiger partial charge in [-0.25, -0.2) is 4.79 Å². The molecule has 1 heterocycles. The highest BCUT2D eigenvalue weighted by Gasteiger charge is 2.18. The number of methoxy groups -OCH3 is 1. The zero-order chi connectivity index (χ0) is 19.4. The van der Waals surface area contributed by atoms with Crippen LogP contribution in [0.4, 0.5) is 5.69 Å². The average Bonchev–Trinajstić information content (AvgIpc) is 3.11. The monoisotopic (exact) mass is 381 g/mol. The Morgan fingerprint density at radius 3 is 2.52 bits per heavy atom. The molecular weight excluding hydrogens is 362 g/mol. The Balaban J connectivity index is 1.82. The van der Waals surface area contributed by atoms with Gasteiger partial charge in [0.05, 0.1) is 24.9 Å². The first-order chi connectivity index (χ1) is 13.0. The van der Waals surface area contributed by atoms with Gasteiger partial charge in [0.2, 0.25) is 0 Å². The van der Waals surface area contributed by atoms with Crippen LogP contribution in [0.3, 0.4) is 0 Å². The van der Waals surface area contributed by atoms with E-state index in [1.54, 1.807) is 18.2 Å². The van der Waals surface area contributed by atoms with Crippen molar-refractivity contribution in [1.29, 1.82) is 0 Å². The molecule has 27 heavy (non-hydrogen) atoms. The normalized spacial score (nSPS) is 10.4. The quantitative estimate of drug-likeness (QED) is 0.579. The third kappa shape index (κ3) is 4.17. The molecule has 0 amide bonds. The van der Waals surface area contributed by atoms with E-state index < -0.39 is 5.97 Å². The molecule has 2 N–H and O–H groups in total. The standard InChI is InChI=1S/C21H19NO4S/c1-13-8-9-15(18(10-13)26-2)17(23)12-22-16-11-19(27-20(16)21(24)25)14-6-4-3-5-7-14/h3-11,22H,12H2,1-2H3,(H,24,25). The van der Waals surface area contributed by atoms with Crippen LogP contribution in [0.25, 0.3) is 10.4 Å². The lowest BCUT2D eigenvalue weighted by Gasteiger charge is -2.10. The van der Waals surface area contributed by atoms with Gasteiger partial charge < -0.3 is 15.2 Å². The lowest BCUT2D eigenvalue weighted by Crippen LogP contribution is -2.16. The molecule has 2 aromatic carbocycles. The number of hydrogen-bond donors (Lipinski definition) is 2. The third-order valence-electron chi connectivity index (χ3n) is 4.08. The summed E-state index contributed by atoms with van der Waals surface area (Å²) in [4.78, 5) is 25.2. The number of carboxylic acid groups (broad SMARTS) is 1. The van der Waals surface area contributed by atoms with Crippen LogP contribution in [-0.2, 0) is 0 Å². The molecule has 138 valence electrons. The molecule has 0 unspecified atom stereocenters. The maximum absolute atomic E-state index is 12.6. The van der Waals surface area contributed by atoms with Crippen molar-refractivity contribution in [2.45, 2.75) is 6.92 Å². The molecule has 0 aliphatic rings. The van der Waals surface area contributed by atoms with Gasteiger partial charge in [-0.05, 0) is 36.2 Å². The summed E-state index contributed by atoms with van der Waals surface area (Å²) in [5, 5.41) is 12.5. The van der Waals surface area contributed by atoms with Gasteiger partial charge >= 0.3 is 5.97 Å². The minimum Gasteiger partial charge on any atom is -0.496 e. The van der Waals surface area contributed by atoms with Gasteiger partial charge in [0.25, 0.3) is 0 Å². The van der Waals surface area contributed by atoms with Gasteiger partial charge in [0, 0.05) is 4.88 Å². The van der Waals surface area contributed by atoms with Crippen LogP contribution in [0.1, 0.15) is 25.6 Å². The molecule has 0 radical (unpaired) electrons. The van der Waals surface area contributed by atoms with Crippen LogP contribution >= 0.6 is 11.3 Å². The molecule has 3 aromatic rings. The zero-order valence-corrected chi connectivity index (χ0v) is 15.8. The molecule has 0 fully saturated rings. The van der Waals surface area contributed by atoms with E-state index in [0.29, 0.717) is 17.0 Å². The van der Waals surface area contributed by atoms with E-state index in [2.05, 4.69) is 5.32 Å². The number of carbonyl (C=O) groups excluding carboxylic acids is 1. The first-order valence-corrected chi connectivity index (χ1v) is 9.15. The SMILES string of the molecule is COc1cc(C)ccc1C(=O)CNc1cc(-c2ccccc2)sc1C(=O)O. The molecule has 3 rings (SSSR count). The lowest BCUT2D eigenvalue weighted by molar-refractivity contribution is 0.0702. The molecule has 0 aliphatic carbocycles. The largest absolute Gasteiger partial charge is 0.496 e. The van der Waals surface area contributed by atoms with Gasteiger partial charge in [-0.15, -0.1) is 11.3 Å². The second-order valence-electron chi connectivity index (χ2n) is 6.01. The predicted octanol–water partition coefficient (Wildman–Crippen LogP) is 4.73. The Bertz CT molecular complexity index is 979. The number of carboxylic acids is 1. The van der Waals surface area contributed by atoms with Gasteiger partial charge in [-0.3, -0.25) is 4.79 Å². The molecule has 0 atom stereocenters. The molecule has 0 bridgehead atoms. The topological polar surface area (TPSA) is 75.6 Å². The number of nitrogens with one attached hydrogen (secondary N) is 1. The van der Waals surface area contributed by atoms with Gasteiger partial charge in [-0.1, -0.05) is 36.4 Å². The summed E-state index contributed by atoms with van der Waals surface area (Å²) >= 11 is 1.18. The second-order valence-corrected chi connectivity index (χ2v) is 7.06. The number of carbonyl (C=O) groups is 2. The van der Waals surface area contributed by atoms with E-state index >= 15 is 0 Å². The zero-order valence-electron chi connectivity index (χ0n) is 15.0. The van der Waals surface area contributed by atoms with Gasteiger partial charge in [0.1, 0.15) is 10.6 Å². The molecule has 0 spiro atoms. The van der Waals surface area contributed by atoms with Gasteiger partial charge in [-0.2, -0.15) is 0 Å². The maximum Gasteiger partial charge on any atom is 0.348 e. The summed E-state index contributed by atoms with van der Waals surface area (Å²) in [5.74, 6) is -0.684. The summed E-state index contributed by atoms with van der Waals surface area (Å²) in [5.41, 5.74) is 2.83. The van der Waals surface area contributed by atoms with E-state index in [1.165, 1.54) is 18.4 Å². The Morgan fingerprint density at radius 1 is 1.11 bits per heavy atom. The van der Waals surface area contributed by atoms with E-state index in [0.717, 1.165) is 16.0 Å². The highest BCUT2D eigenvalue weighted by molar-refractivity contribution is 7.18. The minimum absolute atomic E-state index is 0.0232. The fraction of sp³-hybridized carbons (Fsp3) is 0.143. The fourth-order valence-corrected chi connectivity index (χ4v) is 3.70. The van der Waals surface area contributed by atoms with Crippen molar-refractivity contribution in [3.05, 3.63) is 70.6 Å². The van der Waals surface area contributed by atoms with Crippen molar-refractivity contribution in [1.82, 2.24) is 0 Å². The summed E-state index contributed by atoms with van der Waals surface area (Å²) < 4.78 is 5.28. The Hall–Kier alpha value is -3.12. The first kappa shape index (κ1) is 18.7. The number of anilines is 1. The van der Waals surface area contributed by atoms with E-state index in [4.69, 9.17) is 4.74 Å². The number of benzene rings is 2. The van der Waals surface area contributed by atoms with Crippen molar-refractivity contribution in [2.75, 3.05) is 19.0 Å². The molecule has 5 nitrogen and oxygen atoms in total. The maximum atomic E-state index is 12.6. The number of rotatable bonds is 7. The Morgan fingerprint density at radius 2 is 1.85 bits per heavy atom. The number of ketones is 1. The van der Waals surface area contributed by atoms with Crippen molar-refractivity contribution in [3.63, 3.8) is 0 Å². The van der Waals surface area contributed by atoms with Crippen LogP contribution in [0.2, 0.25) is 0 Å². The molecule has 1 aromatic heterocycles. The number of aryl methyl sites for hydroxylation is 1. The van der Waals surface area contributed by atoms with Crippen LogP contribution < -0.4 is 10.1 Å². The Labute approximate surface area is 161 Å². The van der Waals surface area contributed by atoms with Crippen LogP contribution in [0, 0.1) is 6.92 Å². The molecule has 0 saturated heterocycles. The van der Waals surface area contributed by atoms with Crippen molar-refractivity contribution < 1.29 is 19.4 Å². The summed E-state index contributed by atoms with van der Waals surface area (Å²) in [6.45, 7) is 1.90. The van der Waals surface area contributed by atoms with Crippen molar-refractivity contribution in [3.8, 4) is 16.2 Å². The third-order valence-corrected chi connectivity index (χ3v) is 5.25. The van der Waals surface area contributed by atoms with Crippen LogP contribution in [-0.4, -0.2) is 30.5 Å². The second kappa shape index (κ2) is 8.05. The molecule has 6 heteroatoms. The van der Waals surface area contributed by atoms with Crippen molar-refractivity contribution in [2.24, 2.45) is 0 Å². The smallest absolute Gasteiger partial charge is 0.348 e.